The third-order valence-electron chi connectivity index (χ3n) is 11.2. The number of alkyl halides is 1. The van der Waals surface area contributed by atoms with Crippen LogP contribution in [-0.4, -0.2) is 82.1 Å². The van der Waals surface area contributed by atoms with Crippen molar-refractivity contribution >= 4 is 41.1 Å². The van der Waals surface area contributed by atoms with E-state index in [1.54, 1.807) is 26.0 Å². The molecule has 14 nitrogen and oxygen atoms in total. The molecule has 0 aromatic carbocycles. The summed E-state index contributed by atoms with van der Waals surface area (Å²) < 4.78 is 16.4. The fourth-order valence-electron chi connectivity index (χ4n) is 8.85. The number of allylic oxidation sites excluding steroid dienone is 4. The fourth-order valence-corrected chi connectivity index (χ4v) is 9.37. The van der Waals surface area contributed by atoms with E-state index in [1.807, 2.05) is 13.8 Å². The van der Waals surface area contributed by atoms with Crippen LogP contribution in [0.5, 0.6) is 0 Å². The number of aliphatic hydroxyl groups is 1. The van der Waals surface area contributed by atoms with Gasteiger partial charge in [0.2, 0.25) is 5.78 Å². The number of fused-ring (bicyclic) bond motifs is 5. The van der Waals surface area contributed by atoms with Gasteiger partial charge >= 0.3 is 17.9 Å². The molecule has 0 spiro atoms. The van der Waals surface area contributed by atoms with E-state index in [1.165, 1.54) is 6.08 Å². The van der Waals surface area contributed by atoms with Crippen LogP contribution in [-0.2, 0) is 43.0 Å². The zero-order chi connectivity index (χ0) is 35.7. The highest BCUT2D eigenvalue weighted by Crippen LogP contribution is 2.72. The molecule has 48 heavy (non-hydrogen) atoms. The van der Waals surface area contributed by atoms with Crippen LogP contribution in [0.1, 0.15) is 79.1 Å². The molecule has 4 aliphatic rings. The number of carbonyl (C=O) groups excluding carboxylic acids is 5. The van der Waals surface area contributed by atoms with Gasteiger partial charge in [0.15, 0.2) is 18.0 Å². The van der Waals surface area contributed by atoms with Crippen LogP contribution in [0.15, 0.2) is 23.8 Å². The molecular weight excluding hydrogens is 652 g/mol. The number of ketones is 2. The van der Waals surface area contributed by atoms with Crippen molar-refractivity contribution in [2.45, 2.75) is 102 Å². The molecule has 0 saturated heterocycles. The lowest BCUT2D eigenvalue weighted by Gasteiger charge is -2.64. The van der Waals surface area contributed by atoms with E-state index in [2.05, 4.69) is 4.84 Å². The molecule has 266 valence electrons. The highest BCUT2D eigenvalue weighted by Gasteiger charge is 2.76. The predicted octanol–water partition coefficient (Wildman–Crippen LogP) is 2.93. The number of halogens is 1. The average molecular weight is 697 g/mol. The Balaban J connectivity index is 1.49. The molecule has 9 atom stereocenters. The average Bonchev–Trinajstić information content (AvgIpc) is 3.24. The van der Waals surface area contributed by atoms with Gasteiger partial charge in [-0.1, -0.05) is 39.3 Å². The summed E-state index contributed by atoms with van der Waals surface area (Å²) in [5.74, 6) is -4.34. The second-order valence-corrected chi connectivity index (χ2v) is 14.4. The number of hydrogen-bond acceptors (Lipinski definition) is 13. The van der Waals surface area contributed by atoms with Crippen molar-refractivity contribution in [1.29, 1.82) is 0 Å². The van der Waals surface area contributed by atoms with Crippen molar-refractivity contribution in [2.24, 2.45) is 34.3 Å². The van der Waals surface area contributed by atoms with Crippen LogP contribution in [0, 0.1) is 38.7 Å². The second kappa shape index (κ2) is 14.2. The van der Waals surface area contributed by atoms with Gasteiger partial charge in [-0.3, -0.25) is 24.0 Å². The van der Waals surface area contributed by atoms with Crippen LogP contribution >= 0.6 is 11.6 Å². The van der Waals surface area contributed by atoms with E-state index in [0.29, 0.717) is 19.3 Å². The maximum atomic E-state index is 14.3. The second-order valence-electron chi connectivity index (χ2n) is 13.8. The largest absolute Gasteiger partial charge is 0.465 e. The SMILES string of the molecule is CCC(=O)O[C@]1(C(=O)COC(=O)CC(N)C(=O)OCCCCO[N+](=O)[O-])[C@@H](C)C[C@H]2[C@@H]3CCC4=CC(=O)C=C[C@]4(C)[C@@]3(Cl)[C@@H](O)C[C@@]21C. The van der Waals surface area contributed by atoms with E-state index >= 15 is 0 Å². The number of unbranched alkanes of at least 4 members (excludes halogenated alkanes) is 1. The number of nitrogens with two attached hydrogens (primary N) is 1. The summed E-state index contributed by atoms with van der Waals surface area (Å²) in [5.41, 5.74) is 3.02. The van der Waals surface area contributed by atoms with Gasteiger partial charge < -0.3 is 29.9 Å². The van der Waals surface area contributed by atoms with Crippen LogP contribution < -0.4 is 5.73 Å². The fraction of sp³-hybridized carbons (Fsp3) is 0.727. The summed E-state index contributed by atoms with van der Waals surface area (Å²) in [5, 5.41) is 21.2. The molecule has 3 fully saturated rings. The summed E-state index contributed by atoms with van der Waals surface area (Å²) in [7, 11) is 0. The number of carbonyl (C=O) groups is 5. The zero-order valence-electron chi connectivity index (χ0n) is 27.7. The van der Waals surface area contributed by atoms with Crippen molar-refractivity contribution in [1.82, 2.24) is 0 Å². The first kappa shape index (κ1) is 37.5. The Morgan fingerprint density at radius 3 is 2.50 bits per heavy atom. The lowest BCUT2D eigenvalue weighted by molar-refractivity contribution is -0.757. The van der Waals surface area contributed by atoms with Gasteiger partial charge in [-0.15, -0.1) is 21.7 Å². The Morgan fingerprint density at radius 1 is 1.15 bits per heavy atom. The monoisotopic (exact) mass is 696 g/mol. The highest BCUT2D eigenvalue weighted by atomic mass is 35.5. The molecule has 3 saturated carbocycles. The maximum Gasteiger partial charge on any atom is 0.323 e. The molecule has 0 radical (unpaired) electrons. The molecule has 0 aromatic rings. The number of aliphatic hydroxyl groups excluding tert-OH is 1. The first-order valence-corrected chi connectivity index (χ1v) is 16.8. The molecule has 4 aliphatic carbocycles. The molecule has 1 unspecified atom stereocenters. The lowest BCUT2D eigenvalue weighted by atomic mass is 9.45. The Kier molecular flexibility index (Phi) is 11.1. The molecular formula is C33H45ClN2O12. The summed E-state index contributed by atoms with van der Waals surface area (Å²) in [6.45, 7) is 6.15. The van der Waals surface area contributed by atoms with Crippen molar-refractivity contribution in [3.05, 3.63) is 33.9 Å². The Bertz CT molecular complexity index is 1400. The third-order valence-corrected chi connectivity index (χ3v) is 12.1. The Morgan fingerprint density at radius 2 is 1.83 bits per heavy atom. The lowest BCUT2D eigenvalue weighted by Crippen LogP contribution is -2.69. The van der Waals surface area contributed by atoms with Crippen LogP contribution in [0.3, 0.4) is 0 Å². The quantitative estimate of drug-likeness (QED) is 0.0669. The summed E-state index contributed by atoms with van der Waals surface area (Å²) in [6.07, 6.45) is 5.21. The van der Waals surface area contributed by atoms with Crippen molar-refractivity contribution in [3.8, 4) is 0 Å². The summed E-state index contributed by atoms with van der Waals surface area (Å²) in [4.78, 5) is 77.5. The maximum absolute atomic E-state index is 14.3. The standard InChI is InChI=1S/C33H45ClN2O12/c1-5-27(40)48-33(26(39)18-46-28(41)16-24(35)29(42)45-12-6-7-13-47-36(43)44)19(2)14-23-22-9-8-20-15-21(37)10-11-30(20,3)32(22,34)25(38)17-31(23,33)4/h10-11,15,19,22-25,38H,5-9,12-14,16-18,35H2,1-4H3/t19-,22-,23-,24?,25-,30-,31-,32-,33-/m0/s1. The molecule has 15 heteroatoms. The number of hydrogen-bond donors (Lipinski definition) is 2. The van der Waals surface area contributed by atoms with Crippen LogP contribution in [0.25, 0.3) is 0 Å². The molecule has 0 heterocycles. The van der Waals surface area contributed by atoms with E-state index in [0.717, 1.165) is 5.57 Å². The molecule has 0 aliphatic heterocycles. The first-order chi connectivity index (χ1) is 22.5. The first-order valence-electron chi connectivity index (χ1n) is 16.4. The van der Waals surface area contributed by atoms with E-state index in [-0.39, 0.29) is 56.5 Å². The van der Waals surface area contributed by atoms with Crippen LogP contribution in [0.4, 0.5) is 0 Å². The van der Waals surface area contributed by atoms with Crippen molar-refractivity contribution in [3.63, 3.8) is 0 Å². The molecule has 4 rings (SSSR count). The number of ether oxygens (including phenoxy) is 3. The van der Waals surface area contributed by atoms with Gasteiger partial charge in [0.05, 0.1) is 30.6 Å². The van der Waals surface area contributed by atoms with Gasteiger partial charge in [0.25, 0.3) is 5.09 Å². The highest BCUT2D eigenvalue weighted by molar-refractivity contribution is 6.26. The Labute approximate surface area is 283 Å². The normalized spacial score (nSPS) is 35.6. The van der Waals surface area contributed by atoms with Crippen molar-refractivity contribution in [2.75, 3.05) is 19.8 Å². The number of rotatable bonds is 14. The molecule has 0 amide bonds. The van der Waals surface area contributed by atoms with Gasteiger partial charge in [0, 0.05) is 23.2 Å². The third kappa shape index (κ3) is 6.38. The predicted molar refractivity (Wildman–Crippen MR) is 168 cm³/mol. The van der Waals surface area contributed by atoms with E-state index in [4.69, 9.17) is 31.5 Å². The Hall–Kier alpha value is -3.36. The topological polar surface area (TPSA) is 212 Å². The minimum Gasteiger partial charge on any atom is -0.465 e. The molecule has 3 N–H and O–H groups in total. The van der Waals surface area contributed by atoms with Gasteiger partial charge in [-0.2, -0.15) is 0 Å². The smallest absolute Gasteiger partial charge is 0.323 e. The van der Waals surface area contributed by atoms with Crippen molar-refractivity contribution < 1.29 is 53.2 Å². The minimum absolute atomic E-state index is 0.0121. The molecule has 0 aromatic heterocycles. The van der Waals surface area contributed by atoms with E-state index < -0.39 is 81.2 Å². The number of nitrogens with zero attached hydrogens (tertiary/aromatic N) is 1. The minimum atomic E-state index is -1.75. The van der Waals surface area contributed by atoms with Crippen LogP contribution in [0.2, 0.25) is 0 Å². The summed E-state index contributed by atoms with van der Waals surface area (Å²) in [6, 6.07) is -1.39. The van der Waals surface area contributed by atoms with Gasteiger partial charge in [-0.25, -0.2) is 0 Å². The molecule has 0 bridgehead atoms. The summed E-state index contributed by atoms with van der Waals surface area (Å²) >= 11 is 7.52. The number of esters is 3. The van der Waals surface area contributed by atoms with E-state index in [9.17, 15) is 39.2 Å². The van der Waals surface area contributed by atoms with Gasteiger partial charge in [-0.05, 0) is 62.5 Å². The zero-order valence-corrected chi connectivity index (χ0v) is 28.5. The number of Topliss-reactive ketones (excluding diaryl/α,β-unsaturated/α-hetero) is 1. The van der Waals surface area contributed by atoms with Gasteiger partial charge in [0.1, 0.15) is 6.04 Å².